The van der Waals surface area contributed by atoms with Crippen molar-refractivity contribution in [1.29, 1.82) is 0 Å². The number of carbonyl (C=O) groups excluding carboxylic acids is 1. The smallest absolute Gasteiger partial charge is 0.305 e. The van der Waals surface area contributed by atoms with Crippen molar-refractivity contribution in [1.82, 2.24) is 0 Å². The molecule has 0 radical (unpaired) electrons. The Kier molecular flexibility index (Phi) is 11.7. The Labute approximate surface area is 122 Å². The van der Waals surface area contributed by atoms with Crippen molar-refractivity contribution in [2.24, 2.45) is 0 Å². The molecule has 0 fully saturated rings. The van der Waals surface area contributed by atoms with E-state index in [2.05, 4.69) is 6.92 Å². The van der Waals surface area contributed by atoms with Crippen molar-refractivity contribution in [3.05, 3.63) is 0 Å². The highest BCUT2D eigenvalue weighted by Gasteiger charge is 2.11. The molecule has 5 heteroatoms. The first-order valence-electron chi connectivity index (χ1n) is 7.49. The van der Waals surface area contributed by atoms with Crippen LogP contribution in [-0.2, 0) is 23.7 Å². The van der Waals surface area contributed by atoms with E-state index in [0.717, 1.165) is 13.0 Å². The Morgan fingerprint density at radius 1 is 0.850 bits per heavy atom. The summed E-state index contributed by atoms with van der Waals surface area (Å²) in [6.45, 7) is 11.8. The number of ether oxygens (including phenoxy) is 4. The van der Waals surface area contributed by atoms with Crippen molar-refractivity contribution in [3.8, 4) is 0 Å². The van der Waals surface area contributed by atoms with Gasteiger partial charge in [-0.15, -0.1) is 0 Å². The van der Waals surface area contributed by atoms with Crippen LogP contribution in [0.1, 0.15) is 47.5 Å². The highest BCUT2D eigenvalue weighted by molar-refractivity contribution is 5.68. The Balaban J connectivity index is 3.60. The van der Waals surface area contributed by atoms with E-state index in [1.807, 2.05) is 20.8 Å². The fraction of sp³-hybridized carbons (Fsp3) is 0.933. The molecule has 20 heavy (non-hydrogen) atoms. The van der Waals surface area contributed by atoms with Gasteiger partial charge in [-0.2, -0.15) is 0 Å². The Morgan fingerprint density at radius 2 is 1.35 bits per heavy atom. The lowest BCUT2D eigenvalue weighted by Gasteiger charge is -2.19. The second kappa shape index (κ2) is 12.1. The monoisotopic (exact) mass is 290 g/mol. The van der Waals surface area contributed by atoms with Gasteiger partial charge in [0.05, 0.1) is 31.5 Å². The first-order chi connectivity index (χ1) is 9.49. The van der Waals surface area contributed by atoms with Crippen LogP contribution in [0, 0.1) is 0 Å². The van der Waals surface area contributed by atoms with Gasteiger partial charge in [0.15, 0.2) is 0 Å². The SMILES string of the molecule is CCCOC(C)COC(C)COC(C)COC(=O)CC. The first-order valence-corrected chi connectivity index (χ1v) is 7.49. The van der Waals surface area contributed by atoms with Crippen molar-refractivity contribution < 1.29 is 23.7 Å². The van der Waals surface area contributed by atoms with Gasteiger partial charge in [-0.05, 0) is 27.2 Å². The normalized spacial score (nSPS) is 15.7. The van der Waals surface area contributed by atoms with Crippen molar-refractivity contribution in [2.75, 3.05) is 26.4 Å². The topological polar surface area (TPSA) is 54.0 Å². The minimum absolute atomic E-state index is 0.00740. The molecule has 0 bridgehead atoms. The van der Waals surface area contributed by atoms with E-state index >= 15 is 0 Å². The first kappa shape index (κ1) is 19.4. The van der Waals surface area contributed by atoms with Crippen LogP contribution < -0.4 is 0 Å². The summed E-state index contributed by atoms with van der Waals surface area (Å²) >= 11 is 0. The molecule has 120 valence electrons. The summed E-state index contributed by atoms with van der Waals surface area (Å²) in [5, 5.41) is 0. The zero-order valence-corrected chi connectivity index (χ0v) is 13.5. The molecular formula is C15H30O5. The third-order valence-corrected chi connectivity index (χ3v) is 2.61. The third-order valence-electron chi connectivity index (χ3n) is 2.61. The summed E-state index contributed by atoms with van der Waals surface area (Å²) in [5.74, 6) is -0.202. The predicted molar refractivity (Wildman–Crippen MR) is 77.8 cm³/mol. The van der Waals surface area contributed by atoms with Crippen LogP contribution in [0.2, 0.25) is 0 Å². The van der Waals surface area contributed by atoms with Crippen LogP contribution in [0.5, 0.6) is 0 Å². The Bertz CT molecular complexity index is 244. The summed E-state index contributed by atoms with van der Waals surface area (Å²) in [4.78, 5) is 11.0. The van der Waals surface area contributed by atoms with Gasteiger partial charge in [0.25, 0.3) is 0 Å². The molecule has 0 amide bonds. The molecule has 0 aromatic heterocycles. The number of rotatable bonds is 12. The quantitative estimate of drug-likeness (QED) is 0.517. The average Bonchev–Trinajstić information content (AvgIpc) is 2.45. The fourth-order valence-electron chi connectivity index (χ4n) is 1.38. The predicted octanol–water partition coefficient (Wildman–Crippen LogP) is 2.56. The maximum atomic E-state index is 11.0. The van der Waals surface area contributed by atoms with Gasteiger partial charge in [0.1, 0.15) is 6.61 Å². The second-order valence-corrected chi connectivity index (χ2v) is 5.01. The number of hydrogen-bond donors (Lipinski definition) is 0. The van der Waals surface area contributed by atoms with E-state index in [0.29, 0.717) is 19.6 Å². The minimum atomic E-state index is -0.202. The molecule has 3 atom stereocenters. The lowest BCUT2D eigenvalue weighted by molar-refractivity contribution is -0.148. The summed E-state index contributed by atoms with van der Waals surface area (Å²) < 4.78 is 21.7. The van der Waals surface area contributed by atoms with Gasteiger partial charge < -0.3 is 18.9 Å². The molecule has 0 rings (SSSR count). The molecule has 3 unspecified atom stereocenters. The molecule has 0 spiro atoms. The highest BCUT2D eigenvalue weighted by atomic mass is 16.6. The van der Waals surface area contributed by atoms with Crippen LogP contribution >= 0.6 is 0 Å². The molecule has 0 aromatic carbocycles. The van der Waals surface area contributed by atoms with Gasteiger partial charge in [-0.3, -0.25) is 4.79 Å². The molecule has 0 saturated heterocycles. The van der Waals surface area contributed by atoms with Crippen molar-refractivity contribution in [2.45, 2.75) is 65.8 Å². The lowest BCUT2D eigenvalue weighted by Crippen LogP contribution is -2.27. The molecule has 0 N–H and O–H groups in total. The van der Waals surface area contributed by atoms with Crippen molar-refractivity contribution >= 4 is 5.97 Å². The standard InChI is InChI=1S/C15H30O5/c1-6-8-17-12(3)9-18-13(4)10-19-14(5)11-20-15(16)7-2/h12-14H,6-11H2,1-5H3. The van der Waals surface area contributed by atoms with E-state index in [1.54, 1.807) is 6.92 Å². The number of hydrogen-bond acceptors (Lipinski definition) is 5. The van der Waals surface area contributed by atoms with E-state index < -0.39 is 0 Å². The van der Waals surface area contributed by atoms with Crippen LogP contribution in [0.4, 0.5) is 0 Å². The summed E-state index contributed by atoms with van der Waals surface area (Å²) in [6, 6.07) is 0. The maximum absolute atomic E-state index is 11.0. The molecule has 0 aliphatic carbocycles. The molecule has 0 heterocycles. The second-order valence-electron chi connectivity index (χ2n) is 5.01. The van der Waals surface area contributed by atoms with Gasteiger partial charge in [0, 0.05) is 13.0 Å². The third kappa shape index (κ3) is 11.2. The Hall–Kier alpha value is -0.650. The largest absolute Gasteiger partial charge is 0.463 e. The van der Waals surface area contributed by atoms with Gasteiger partial charge in [0.2, 0.25) is 0 Å². The lowest BCUT2D eigenvalue weighted by atomic mass is 10.4. The van der Waals surface area contributed by atoms with Gasteiger partial charge in [-0.25, -0.2) is 0 Å². The van der Waals surface area contributed by atoms with E-state index in [1.165, 1.54) is 0 Å². The van der Waals surface area contributed by atoms with Crippen LogP contribution in [-0.4, -0.2) is 50.7 Å². The Morgan fingerprint density at radius 3 is 1.85 bits per heavy atom. The molecule has 0 aliphatic heterocycles. The van der Waals surface area contributed by atoms with Crippen LogP contribution in [0.25, 0.3) is 0 Å². The van der Waals surface area contributed by atoms with E-state index in [9.17, 15) is 4.79 Å². The van der Waals surface area contributed by atoms with Crippen molar-refractivity contribution in [3.63, 3.8) is 0 Å². The van der Waals surface area contributed by atoms with Gasteiger partial charge in [-0.1, -0.05) is 13.8 Å². The number of carbonyl (C=O) groups is 1. The van der Waals surface area contributed by atoms with Crippen LogP contribution in [0.15, 0.2) is 0 Å². The zero-order chi connectivity index (χ0) is 15.4. The molecule has 5 nitrogen and oxygen atoms in total. The minimum Gasteiger partial charge on any atom is -0.463 e. The zero-order valence-electron chi connectivity index (χ0n) is 13.5. The summed E-state index contributed by atoms with van der Waals surface area (Å²) in [7, 11) is 0. The maximum Gasteiger partial charge on any atom is 0.305 e. The van der Waals surface area contributed by atoms with E-state index in [-0.39, 0.29) is 30.9 Å². The highest BCUT2D eigenvalue weighted by Crippen LogP contribution is 2.01. The molecule has 0 aliphatic rings. The molecule has 0 aromatic rings. The summed E-state index contributed by atoms with van der Waals surface area (Å²) in [6.07, 6.45) is 1.37. The van der Waals surface area contributed by atoms with Gasteiger partial charge >= 0.3 is 5.97 Å². The van der Waals surface area contributed by atoms with Crippen LogP contribution in [0.3, 0.4) is 0 Å². The molecule has 0 saturated carbocycles. The molecular weight excluding hydrogens is 260 g/mol. The summed E-state index contributed by atoms with van der Waals surface area (Å²) in [5.41, 5.74) is 0. The average molecular weight is 290 g/mol. The van der Waals surface area contributed by atoms with E-state index in [4.69, 9.17) is 18.9 Å². The number of esters is 1. The fourth-order valence-corrected chi connectivity index (χ4v) is 1.38.